The molecule has 0 aliphatic carbocycles. The highest BCUT2D eigenvalue weighted by Gasteiger charge is 2.34. The summed E-state index contributed by atoms with van der Waals surface area (Å²) in [6.45, 7) is 0.0985. The molecule has 0 unspecified atom stereocenters. The number of halogens is 2. The van der Waals surface area contributed by atoms with Gasteiger partial charge in [-0.05, 0) is 0 Å². The highest BCUT2D eigenvalue weighted by atomic mass is 19.1. The van der Waals surface area contributed by atoms with Crippen molar-refractivity contribution in [1.29, 1.82) is 5.26 Å². The number of ether oxygens (including phenoxy) is 1. The smallest absolute Gasteiger partial charge is 0.224 e. The third kappa shape index (κ3) is 2.50. The molecule has 0 spiro atoms. The van der Waals surface area contributed by atoms with Crippen molar-refractivity contribution in [2.45, 2.75) is 12.3 Å². The first kappa shape index (κ1) is 13.3. The van der Waals surface area contributed by atoms with E-state index in [1.165, 1.54) is 12.0 Å². The van der Waals surface area contributed by atoms with Crippen LogP contribution in [0.3, 0.4) is 0 Å². The van der Waals surface area contributed by atoms with Gasteiger partial charge in [-0.2, -0.15) is 5.26 Å². The Morgan fingerprint density at radius 2 is 2.11 bits per heavy atom. The largest absolute Gasteiger partial charge is 0.497 e. The Morgan fingerprint density at radius 3 is 2.63 bits per heavy atom. The fraction of sp³-hybridized carbons (Fsp3) is 0.385. The van der Waals surface area contributed by atoms with E-state index in [4.69, 9.17) is 10.00 Å². The lowest BCUT2D eigenvalue weighted by Gasteiger charge is -2.14. The number of nitrogens with zero attached hydrogens (tertiary/aromatic N) is 2. The average Bonchev–Trinajstić information content (AvgIpc) is 2.70. The summed E-state index contributed by atoms with van der Waals surface area (Å²) in [6.07, 6.45) is 0.0157. The van der Waals surface area contributed by atoms with Crippen LogP contribution in [0.2, 0.25) is 0 Å². The zero-order valence-corrected chi connectivity index (χ0v) is 10.3. The predicted octanol–water partition coefficient (Wildman–Crippen LogP) is 1.81. The molecule has 0 aromatic heterocycles. The van der Waals surface area contributed by atoms with Crippen molar-refractivity contribution in [3.05, 3.63) is 29.3 Å². The summed E-state index contributed by atoms with van der Waals surface area (Å²) in [5.41, 5.74) is -0.116. The van der Waals surface area contributed by atoms with Gasteiger partial charge in [0.2, 0.25) is 5.91 Å². The first-order valence-corrected chi connectivity index (χ1v) is 5.74. The SMILES string of the molecule is COc1cc(F)c([C@H]2CC(=O)N(CC#N)C2)c(F)c1. The predicted molar refractivity (Wildman–Crippen MR) is 62.5 cm³/mol. The number of likely N-dealkylation sites (tertiary alicyclic amines) is 1. The van der Waals surface area contributed by atoms with Gasteiger partial charge in [0.25, 0.3) is 0 Å². The van der Waals surface area contributed by atoms with E-state index in [0.717, 1.165) is 12.1 Å². The maximum Gasteiger partial charge on any atom is 0.224 e. The van der Waals surface area contributed by atoms with Crippen molar-refractivity contribution < 1.29 is 18.3 Å². The molecule has 4 nitrogen and oxygen atoms in total. The van der Waals surface area contributed by atoms with Crippen molar-refractivity contribution in [2.24, 2.45) is 0 Å². The highest BCUT2D eigenvalue weighted by molar-refractivity contribution is 5.80. The molecule has 1 atom stereocenters. The van der Waals surface area contributed by atoms with Crippen LogP contribution in [0.15, 0.2) is 12.1 Å². The lowest BCUT2D eigenvalue weighted by atomic mass is 9.97. The third-order valence-electron chi connectivity index (χ3n) is 3.17. The van der Waals surface area contributed by atoms with Gasteiger partial charge in [0, 0.05) is 36.6 Å². The molecule has 1 amide bonds. The maximum atomic E-state index is 13.9. The van der Waals surface area contributed by atoms with Crippen LogP contribution in [0.5, 0.6) is 5.75 Å². The van der Waals surface area contributed by atoms with Gasteiger partial charge in [-0.1, -0.05) is 0 Å². The number of amides is 1. The molecule has 1 heterocycles. The lowest BCUT2D eigenvalue weighted by molar-refractivity contribution is -0.127. The molecule has 6 heteroatoms. The molecule has 0 bridgehead atoms. The fourth-order valence-corrected chi connectivity index (χ4v) is 2.27. The van der Waals surface area contributed by atoms with E-state index in [1.807, 2.05) is 6.07 Å². The monoisotopic (exact) mass is 266 g/mol. The summed E-state index contributed by atoms with van der Waals surface area (Å²) in [5, 5.41) is 8.57. The second kappa shape index (κ2) is 5.22. The minimum atomic E-state index is -0.728. The number of carbonyl (C=O) groups is 1. The van der Waals surface area contributed by atoms with Gasteiger partial charge in [-0.3, -0.25) is 4.79 Å². The number of hydrogen-bond donors (Lipinski definition) is 0. The van der Waals surface area contributed by atoms with Crippen molar-refractivity contribution in [2.75, 3.05) is 20.2 Å². The van der Waals surface area contributed by atoms with Gasteiger partial charge in [0.05, 0.1) is 13.2 Å². The van der Waals surface area contributed by atoms with E-state index < -0.39 is 17.6 Å². The molecule has 2 rings (SSSR count). The zero-order chi connectivity index (χ0) is 14.0. The number of hydrogen-bond acceptors (Lipinski definition) is 3. The Balaban J connectivity index is 2.29. The Labute approximate surface area is 109 Å². The van der Waals surface area contributed by atoms with Crippen LogP contribution in [-0.2, 0) is 4.79 Å². The first-order chi connectivity index (χ1) is 9.06. The standard InChI is InChI=1S/C13H12F2N2O2/c1-19-9-5-10(14)13(11(15)6-9)8-4-12(18)17(7-8)3-2-16/h5-6,8H,3-4,7H2,1H3/t8-/m0/s1. The molecule has 19 heavy (non-hydrogen) atoms. The first-order valence-electron chi connectivity index (χ1n) is 5.74. The van der Waals surface area contributed by atoms with Crippen LogP contribution in [0.1, 0.15) is 17.9 Å². The van der Waals surface area contributed by atoms with E-state index >= 15 is 0 Å². The molecular formula is C13H12F2N2O2. The van der Waals surface area contributed by atoms with Crippen LogP contribution >= 0.6 is 0 Å². The topological polar surface area (TPSA) is 53.3 Å². The van der Waals surface area contributed by atoms with Gasteiger partial charge in [0.15, 0.2) is 0 Å². The second-order valence-electron chi connectivity index (χ2n) is 4.34. The summed E-state index contributed by atoms with van der Waals surface area (Å²) in [5.74, 6) is -2.19. The van der Waals surface area contributed by atoms with Gasteiger partial charge < -0.3 is 9.64 Å². The van der Waals surface area contributed by atoms with E-state index in [1.54, 1.807) is 0 Å². The summed E-state index contributed by atoms with van der Waals surface area (Å²) < 4.78 is 32.5. The van der Waals surface area contributed by atoms with Gasteiger partial charge in [0.1, 0.15) is 23.9 Å². The molecule has 1 aliphatic rings. The summed E-state index contributed by atoms with van der Waals surface area (Å²) >= 11 is 0. The van der Waals surface area contributed by atoms with Crippen molar-refractivity contribution in [3.63, 3.8) is 0 Å². The van der Waals surface area contributed by atoms with E-state index in [2.05, 4.69) is 0 Å². The fourth-order valence-electron chi connectivity index (χ4n) is 2.27. The molecule has 1 fully saturated rings. The summed E-state index contributed by atoms with van der Waals surface area (Å²) in [6, 6.07) is 4.04. The molecule has 0 N–H and O–H groups in total. The molecule has 100 valence electrons. The van der Waals surface area contributed by atoms with E-state index in [0.29, 0.717) is 0 Å². The molecule has 1 saturated heterocycles. The summed E-state index contributed by atoms with van der Waals surface area (Å²) in [7, 11) is 1.32. The van der Waals surface area contributed by atoms with E-state index in [9.17, 15) is 13.6 Å². The second-order valence-corrected chi connectivity index (χ2v) is 4.34. The molecule has 0 saturated carbocycles. The van der Waals surface area contributed by atoms with Crippen LogP contribution in [-0.4, -0.2) is 31.0 Å². The van der Waals surface area contributed by atoms with Crippen LogP contribution in [0.4, 0.5) is 8.78 Å². The zero-order valence-electron chi connectivity index (χ0n) is 10.3. The minimum Gasteiger partial charge on any atom is -0.497 e. The summed E-state index contributed by atoms with van der Waals surface area (Å²) in [4.78, 5) is 12.9. The third-order valence-corrected chi connectivity index (χ3v) is 3.17. The number of rotatable bonds is 3. The van der Waals surface area contributed by atoms with Crippen LogP contribution in [0, 0.1) is 23.0 Å². The highest BCUT2D eigenvalue weighted by Crippen LogP contribution is 2.33. The van der Waals surface area contributed by atoms with Crippen molar-refractivity contribution >= 4 is 5.91 Å². The Morgan fingerprint density at radius 1 is 1.47 bits per heavy atom. The van der Waals surface area contributed by atoms with Crippen LogP contribution in [0.25, 0.3) is 0 Å². The Bertz CT molecular complexity index is 531. The molecular weight excluding hydrogens is 254 g/mol. The number of benzene rings is 1. The molecule has 1 aromatic carbocycles. The van der Waals surface area contributed by atoms with Crippen LogP contribution < -0.4 is 4.74 Å². The van der Waals surface area contributed by atoms with E-state index in [-0.39, 0.29) is 36.7 Å². The number of carbonyl (C=O) groups excluding carboxylic acids is 1. The number of methoxy groups -OCH3 is 1. The average molecular weight is 266 g/mol. The lowest BCUT2D eigenvalue weighted by Crippen LogP contribution is -2.25. The van der Waals surface area contributed by atoms with Crippen molar-refractivity contribution in [1.82, 2.24) is 4.90 Å². The minimum absolute atomic E-state index is 0.0157. The van der Waals surface area contributed by atoms with Gasteiger partial charge >= 0.3 is 0 Å². The molecule has 1 aliphatic heterocycles. The molecule has 0 radical (unpaired) electrons. The number of nitriles is 1. The van der Waals surface area contributed by atoms with Gasteiger partial charge in [-0.25, -0.2) is 8.78 Å². The normalized spacial score (nSPS) is 18.5. The van der Waals surface area contributed by atoms with Crippen molar-refractivity contribution in [3.8, 4) is 11.8 Å². The Hall–Kier alpha value is -2.16. The quantitative estimate of drug-likeness (QED) is 0.784. The van der Waals surface area contributed by atoms with Gasteiger partial charge in [-0.15, -0.1) is 0 Å². The maximum absolute atomic E-state index is 13.9. The molecule has 1 aromatic rings. The Kier molecular flexibility index (Phi) is 3.65.